The molecule has 1 unspecified atom stereocenters. The second kappa shape index (κ2) is 6.05. The normalized spacial score (nSPS) is 18.6. The van der Waals surface area contributed by atoms with Crippen LogP contribution in [0.2, 0.25) is 0 Å². The van der Waals surface area contributed by atoms with E-state index < -0.39 is 4.92 Å². The zero-order valence-corrected chi connectivity index (χ0v) is 11.6. The molecule has 0 saturated carbocycles. The van der Waals surface area contributed by atoms with E-state index in [9.17, 15) is 10.1 Å². The minimum Gasteiger partial charge on any atom is -0.384 e. The summed E-state index contributed by atoms with van der Waals surface area (Å²) in [7, 11) is 0. The summed E-state index contributed by atoms with van der Waals surface area (Å²) in [6, 6.07) is 6.88. The van der Waals surface area contributed by atoms with Crippen molar-refractivity contribution < 1.29 is 9.66 Å². The van der Waals surface area contributed by atoms with Crippen molar-refractivity contribution in [3.05, 3.63) is 40.6 Å². The summed E-state index contributed by atoms with van der Waals surface area (Å²) in [4.78, 5) is 14.8. The van der Waals surface area contributed by atoms with E-state index in [2.05, 4.69) is 10.3 Å². The minimum atomic E-state index is -0.395. The van der Waals surface area contributed by atoms with Gasteiger partial charge in [-0.2, -0.15) is 0 Å². The number of nitrogens with one attached hydrogen (secondary N) is 1. The van der Waals surface area contributed by atoms with Crippen molar-refractivity contribution in [3.63, 3.8) is 0 Å². The van der Waals surface area contributed by atoms with Crippen molar-refractivity contribution in [1.82, 2.24) is 4.98 Å². The Morgan fingerprint density at radius 1 is 1.43 bits per heavy atom. The van der Waals surface area contributed by atoms with Crippen LogP contribution in [0.25, 0.3) is 10.9 Å². The largest absolute Gasteiger partial charge is 0.384 e. The van der Waals surface area contributed by atoms with Crippen LogP contribution in [-0.2, 0) is 4.74 Å². The van der Waals surface area contributed by atoms with Gasteiger partial charge in [0.25, 0.3) is 5.69 Å². The summed E-state index contributed by atoms with van der Waals surface area (Å²) in [5.41, 5.74) is 1.35. The van der Waals surface area contributed by atoms with Crippen LogP contribution < -0.4 is 5.32 Å². The molecule has 1 aromatic carbocycles. The molecule has 1 N–H and O–H groups in total. The van der Waals surface area contributed by atoms with Crippen molar-refractivity contribution in [2.75, 3.05) is 25.1 Å². The Labute approximate surface area is 122 Å². The van der Waals surface area contributed by atoms with E-state index in [0.717, 1.165) is 43.7 Å². The molecule has 1 fully saturated rings. The number of anilines is 1. The standard InChI is InChI=1S/C15H17N3O3/c19-18(20)14-5-1-4-12-13(6-7-16-15(12)14)17-9-11-3-2-8-21-10-11/h1,4-7,11H,2-3,8-10H2,(H,16,17). The van der Waals surface area contributed by atoms with Crippen LogP contribution in [0.3, 0.4) is 0 Å². The molecule has 1 atom stereocenters. The zero-order valence-electron chi connectivity index (χ0n) is 11.6. The molecule has 0 radical (unpaired) electrons. The monoisotopic (exact) mass is 287 g/mol. The summed E-state index contributed by atoms with van der Waals surface area (Å²) >= 11 is 0. The number of non-ortho nitro benzene ring substituents is 1. The first-order chi connectivity index (χ1) is 10.3. The Bertz CT molecular complexity index is 654. The SMILES string of the molecule is O=[N+]([O-])c1cccc2c(NCC3CCCOC3)ccnc12. The van der Waals surface area contributed by atoms with Crippen LogP contribution in [0.1, 0.15) is 12.8 Å². The average molecular weight is 287 g/mol. The zero-order chi connectivity index (χ0) is 14.7. The Balaban J connectivity index is 1.85. The van der Waals surface area contributed by atoms with Crippen molar-refractivity contribution in [2.45, 2.75) is 12.8 Å². The molecule has 110 valence electrons. The maximum Gasteiger partial charge on any atom is 0.295 e. The number of para-hydroxylation sites is 1. The number of nitro benzene ring substituents is 1. The summed E-state index contributed by atoms with van der Waals surface area (Å²) in [6.07, 6.45) is 3.85. The van der Waals surface area contributed by atoms with Gasteiger partial charge in [0.15, 0.2) is 0 Å². The van der Waals surface area contributed by atoms with Crippen LogP contribution in [0.4, 0.5) is 11.4 Å². The number of benzene rings is 1. The Morgan fingerprint density at radius 2 is 2.33 bits per heavy atom. The molecule has 21 heavy (non-hydrogen) atoms. The predicted octanol–water partition coefficient (Wildman–Crippen LogP) is 2.98. The molecule has 0 spiro atoms. The van der Waals surface area contributed by atoms with Gasteiger partial charge in [-0.1, -0.05) is 12.1 Å². The van der Waals surface area contributed by atoms with E-state index >= 15 is 0 Å². The van der Waals surface area contributed by atoms with Crippen molar-refractivity contribution in [3.8, 4) is 0 Å². The predicted molar refractivity (Wildman–Crippen MR) is 80.4 cm³/mol. The molecule has 1 aliphatic rings. The number of nitro groups is 1. The van der Waals surface area contributed by atoms with Crippen molar-refractivity contribution in [1.29, 1.82) is 0 Å². The van der Waals surface area contributed by atoms with Gasteiger partial charge in [-0.15, -0.1) is 0 Å². The van der Waals surface area contributed by atoms with E-state index in [-0.39, 0.29) is 5.69 Å². The summed E-state index contributed by atoms with van der Waals surface area (Å²) in [5.74, 6) is 0.487. The fourth-order valence-corrected chi connectivity index (χ4v) is 2.68. The molecule has 1 aromatic heterocycles. The number of fused-ring (bicyclic) bond motifs is 1. The maximum atomic E-state index is 11.1. The first kappa shape index (κ1) is 13.8. The first-order valence-electron chi connectivity index (χ1n) is 7.09. The molecule has 0 bridgehead atoms. The highest BCUT2D eigenvalue weighted by Crippen LogP contribution is 2.28. The second-order valence-electron chi connectivity index (χ2n) is 5.25. The van der Waals surface area contributed by atoms with Gasteiger partial charge in [0.05, 0.1) is 11.5 Å². The highest BCUT2D eigenvalue weighted by Gasteiger charge is 2.16. The van der Waals surface area contributed by atoms with Crippen LogP contribution in [0.15, 0.2) is 30.5 Å². The van der Waals surface area contributed by atoms with Gasteiger partial charge >= 0.3 is 0 Å². The number of rotatable bonds is 4. The lowest BCUT2D eigenvalue weighted by atomic mass is 10.0. The highest BCUT2D eigenvalue weighted by molar-refractivity contribution is 5.96. The number of hydrogen-bond donors (Lipinski definition) is 1. The molecular weight excluding hydrogens is 270 g/mol. The van der Waals surface area contributed by atoms with Gasteiger partial charge in [-0.05, 0) is 24.8 Å². The first-order valence-corrected chi connectivity index (χ1v) is 7.09. The average Bonchev–Trinajstić information content (AvgIpc) is 2.53. The number of nitrogens with zero attached hydrogens (tertiary/aromatic N) is 2. The van der Waals surface area contributed by atoms with Gasteiger partial charge < -0.3 is 10.1 Å². The van der Waals surface area contributed by atoms with Crippen molar-refractivity contribution in [2.24, 2.45) is 5.92 Å². The molecule has 0 amide bonds. The highest BCUT2D eigenvalue weighted by atomic mass is 16.6. The second-order valence-corrected chi connectivity index (χ2v) is 5.25. The van der Waals surface area contributed by atoms with E-state index in [0.29, 0.717) is 11.4 Å². The van der Waals surface area contributed by atoms with E-state index in [1.807, 2.05) is 12.1 Å². The Kier molecular flexibility index (Phi) is 3.96. The van der Waals surface area contributed by atoms with Gasteiger partial charge in [-0.3, -0.25) is 10.1 Å². The lowest BCUT2D eigenvalue weighted by Gasteiger charge is -2.23. The number of ether oxygens (including phenoxy) is 1. The smallest absolute Gasteiger partial charge is 0.295 e. The summed E-state index contributed by atoms with van der Waals surface area (Å²) in [5, 5.41) is 15.2. The van der Waals surface area contributed by atoms with Crippen LogP contribution in [0, 0.1) is 16.0 Å². The summed E-state index contributed by atoms with van der Waals surface area (Å²) < 4.78 is 5.47. The Hall–Kier alpha value is -2.21. The minimum absolute atomic E-state index is 0.0390. The number of aromatic nitrogens is 1. The van der Waals surface area contributed by atoms with Crippen LogP contribution in [-0.4, -0.2) is 29.7 Å². The Morgan fingerprint density at radius 3 is 3.10 bits per heavy atom. The fourth-order valence-electron chi connectivity index (χ4n) is 2.68. The third kappa shape index (κ3) is 2.95. The molecular formula is C15H17N3O3. The van der Waals surface area contributed by atoms with E-state index in [1.165, 1.54) is 6.07 Å². The molecule has 1 aliphatic heterocycles. The van der Waals surface area contributed by atoms with Gasteiger partial charge in [0.2, 0.25) is 0 Å². The third-order valence-electron chi connectivity index (χ3n) is 3.78. The number of hydrogen-bond acceptors (Lipinski definition) is 5. The lowest BCUT2D eigenvalue weighted by Crippen LogP contribution is -2.24. The molecule has 2 heterocycles. The lowest BCUT2D eigenvalue weighted by molar-refractivity contribution is -0.383. The summed E-state index contributed by atoms with van der Waals surface area (Å²) in [6.45, 7) is 2.43. The van der Waals surface area contributed by atoms with Crippen LogP contribution >= 0.6 is 0 Å². The van der Waals surface area contributed by atoms with Crippen molar-refractivity contribution >= 4 is 22.3 Å². The topological polar surface area (TPSA) is 77.3 Å². The molecule has 3 rings (SSSR count). The molecule has 6 nitrogen and oxygen atoms in total. The molecule has 2 aromatic rings. The third-order valence-corrected chi connectivity index (χ3v) is 3.78. The number of pyridine rings is 1. The van der Waals surface area contributed by atoms with Gasteiger partial charge in [0.1, 0.15) is 5.52 Å². The molecule has 6 heteroatoms. The molecule has 0 aliphatic carbocycles. The van der Waals surface area contributed by atoms with Gasteiger partial charge in [-0.25, -0.2) is 4.98 Å². The maximum absolute atomic E-state index is 11.1. The molecule has 1 saturated heterocycles. The quantitative estimate of drug-likeness (QED) is 0.691. The van der Waals surface area contributed by atoms with Gasteiger partial charge in [0, 0.05) is 36.5 Å². The van der Waals surface area contributed by atoms with E-state index in [1.54, 1.807) is 12.3 Å². The fraction of sp³-hybridized carbons (Fsp3) is 0.400. The van der Waals surface area contributed by atoms with Crippen LogP contribution in [0.5, 0.6) is 0 Å². The van der Waals surface area contributed by atoms with E-state index in [4.69, 9.17) is 4.74 Å².